The number of aliphatic hydroxyl groups excluding tert-OH is 1. The second kappa shape index (κ2) is 11.9. The molecule has 0 bridgehead atoms. The van der Waals surface area contributed by atoms with Crippen LogP contribution in [0.5, 0.6) is 5.75 Å². The molecule has 214 valence electrons. The fourth-order valence-electron chi connectivity index (χ4n) is 6.35. The van der Waals surface area contributed by atoms with E-state index in [9.17, 15) is 10.2 Å². The maximum absolute atomic E-state index is 10.7. The predicted molar refractivity (Wildman–Crippen MR) is 162 cm³/mol. The average molecular weight is 574 g/mol. The molecule has 0 radical (unpaired) electrons. The van der Waals surface area contributed by atoms with Crippen LogP contribution in [0, 0.1) is 0 Å². The van der Waals surface area contributed by atoms with Crippen LogP contribution in [0.2, 0.25) is 5.02 Å². The summed E-state index contributed by atoms with van der Waals surface area (Å²) in [4.78, 5) is 0. The minimum absolute atomic E-state index is 0.407. The molecule has 0 amide bonds. The van der Waals surface area contributed by atoms with Crippen LogP contribution in [-0.2, 0) is 37.8 Å². The average Bonchev–Trinajstić information content (AvgIpc) is 3.45. The van der Waals surface area contributed by atoms with Crippen LogP contribution >= 0.6 is 11.6 Å². The van der Waals surface area contributed by atoms with Gasteiger partial charge in [0, 0.05) is 47.8 Å². The van der Waals surface area contributed by atoms with Crippen LogP contribution in [0.15, 0.2) is 54.6 Å². The quantitative estimate of drug-likeness (QED) is 0.167. The smallest absolute Gasteiger partial charge is 0.194 e. The van der Waals surface area contributed by atoms with Crippen LogP contribution < -0.4 is 4.74 Å². The second-order valence-electron chi connectivity index (χ2n) is 10.6. The Morgan fingerprint density at radius 1 is 1.02 bits per heavy atom. The molecule has 6 rings (SSSR count). The maximum Gasteiger partial charge on any atom is 0.194 e. The number of aryl methyl sites for hydroxylation is 3. The molecule has 0 aliphatic carbocycles. The molecule has 8 heteroatoms. The number of aromatic nitrogens is 3. The molecule has 5 aromatic rings. The van der Waals surface area contributed by atoms with Crippen molar-refractivity contribution in [2.75, 3.05) is 13.2 Å². The number of nitrogens with zero attached hydrogens (tertiary/aromatic N) is 3. The van der Waals surface area contributed by atoms with Gasteiger partial charge < -0.3 is 24.3 Å². The Kier molecular flexibility index (Phi) is 8.04. The molecule has 0 atom stereocenters. The lowest BCUT2D eigenvalue weighted by Gasteiger charge is -2.16. The van der Waals surface area contributed by atoms with Gasteiger partial charge in [-0.15, -0.1) is 0 Å². The van der Waals surface area contributed by atoms with Crippen LogP contribution in [0.1, 0.15) is 55.1 Å². The van der Waals surface area contributed by atoms with E-state index in [2.05, 4.69) is 29.7 Å². The van der Waals surface area contributed by atoms with Gasteiger partial charge in [-0.25, -0.2) is 0 Å². The third kappa shape index (κ3) is 5.12. The van der Waals surface area contributed by atoms with Crippen LogP contribution in [0.25, 0.3) is 32.8 Å². The number of rotatable bonds is 7. The molecule has 3 heterocycles. The van der Waals surface area contributed by atoms with Crippen LogP contribution in [-0.4, -0.2) is 37.8 Å². The molecule has 2 N–H and O–H groups in total. The molecule has 3 aromatic carbocycles. The summed E-state index contributed by atoms with van der Waals surface area (Å²) in [5, 5.41) is 30.1. The van der Waals surface area contributed by atoms with Gasteiger partial charge in [-0.1, -0.05) is 61.0 Å². The zero-order valence-electron chi connectivity index (χ0n) is 23.6. The fraction of sp³-hybridized carbons (Fsp3) is 0.364. The second-order valence-corrected chi connectivity index (χ2v) is 11.0. The minimum Gasteiger partial charge on any atom is -0.493 e. The van der Waals surface area contributed by atoms with Gasteiger partial charge in [0.15, 0.2) is 6.29 Å². The first kappa shape index (κ1) is 27.8. The highest BCUT2D eigenvalue weighted by molar-refractivity contribution is 6.35. The van der Waals surface area contributed by atoms with E-state index < -0.39 is 6.29 Å². The maximum atomic E-state index is 10.7. The number of benzene rings is 3. The van der Waals surface area contributed by atoms with Crippen molar-refractivity contribution in [1.29, 1.82) is 0 Å². The minimum atomic E-state index is -1.62. The van der Waals surface area contributed by atoms with Crippen molar-refractivity contribution in [3.8, 4) is 16.9 Å². The first-order valence-corrected chi connectivity index (χ1v) is 14.8. The van der Waals surface area contributed by atoms with Gasteiger partial charge in [-0.3, -0.25) is 4.68 Å². The number of halogens is 1. The largest absolute Gasteiger partial charge is 0.493 e. The van der Waals surface area contributed by atoms with E-state index in [1.807, 2.05) is 48.1 Å². The Morgan fingerprint density at radius 2 is 1.85 bits per heavy atom. The van der Waals surface area contributed by atoms with E-state index in [0.717, 1.165) is 74.8 Å². The van der Waals surface area contributed by atoms with E-state index in [4.69, 9.17) is 26.2 Å². The van der Waals surface area contributed by atoms with Crippen molar-refractivity contribution in [2.24, 2.45) is 7.05 Å². The molecule has 2 aromatic heterocycles. The summed E-state index contributed by atoms with van der Waals surface area (Å²) in [5.74, 6) is 0.856. The number of fused-ring (bicyclic) bond motifs is 3. The number of ether oxygens (including phenoxy) is 2. The first-order valence-electron chi connectivity index (χ1n) is 14.4. The first-order chi connectivity index (χ1) is 20.0. The molecule has 0 fully saturated rings. The SMILES string of the molecule is CCc1c2c(nn1C)COCCCCn1c(C(O)O)c(CCCOc3cccc4ccccc34)c3ccc(Cl)c-2c31. The third-order valence-electron chi connectivity index (χ3n) is 8.13. The predicted octanol–water partition coefficient (Wildman–Crippen LogP) is 6.72. The Morgan fingerprint density at radius 3 is 2.68 bits per heavy atom. The Labute approximate surface area is 244 Å². The van der Waals surface area contributed by atoms with Crippen molar-refractivity contribution >= 4 is 33.3 Å². The molecule has 0 saturated carbocycles. The van der Waals surface area contributed by atoms with Gasteiger partial charge in [0.1, 0.15) is 5.75 Å². The summed E-state index contributed by atoms with van der Waals surface area (Å²) >= 11 is 6.98. The zero-order chi connectivity index (χ0) is 28.5. The molecular formula is C33H36ClN3O4. The lowest BCUT2D eigenvalue weighted by Crippen LogP contribution is -2.11. The zero-order valence-corrected chi connectivity index (χ0v) is 24.3. The van der Waals surface area contributed by atoms with E-state index in [1.165, 1.54) is 0 Å². The number of hydrogen-bond acceptors (Lipinski definition) is 5. The highest BCUT2D eigenvalue weighted by Crippen LogP contribution is 2.44. The molecule has 0 unspecified atom stereocenters. The van der Waals surface area contributed by atoms with E-state index in [1.54, 1.807) is 0 Å². The lowest BCUT2D eigenvalue weighted by molar-refractivity contribution is -0.0488. The number of hydrogen-bond donors (Lipinski definition) is 2. The van der Waals surface area contributed by atoms with Crippen molar-refractivity contribution in [1.82, 2.24) is 14.3 Å². The molecule has 41 heavy (non-hydrogen) atoms. The standard InChI is InChI=1S/C33H36ClN3O4/c1-3-27-30-26(35-36(27)2)20-40-18-7-6-17-37-31-24(15-16-25(34)29(30)31)23(32(37)33(38)39)13-9-19-41-28-14-8-11-21-10-4-5-12-22(21)28/h4-5,8,10-12,14-16,33,38-39H,3,6-7,9,13,17-20H2,1-2H3. The monoisotopic (exact) mass is 573 g/mol. The Hall–Kier alpha value is -3.36. The van der Waals surface area contributed by atoms with Crippen molar-refractivity contribution in [3.05, 3.63) is 82.3 Å². The molecule has 0 spiro atoms. The van der Waals surface area contributed by atoms with Crippen molar-refractivity contribution < 1.29 is 19.7 Å². The van der Waals surface area contributed by atoms with Gasteiger partial charge in [0.05, 0.1) is 35.1 Å². The lowest BCUT2D eigenvalue weighted by atomic mass is 9.97. The summed E-state index contributed by atoms with van der Waals surface area (Å²) in [5.41, 5.74) is 6.16. The fourth-order valence-corrected chi connectivity index (χ4v) is 6.60. The molecule has 7 nitrogen and oxygen atoms in total. The third-order valence-corrected chi connectivity index (χ3v) is 8.44. The summed E-state index contributed by atoms with van der Waals surface area (Å²) in [6.07, 6.45) is 2.19. The summed E-state index contributed by atoms with van der Waals surface area (Å²) < 4.78 is 16.2. The van der Waals surface area contributed by atoms with Crippen LogP contribution in [0.3, 0.4) is 0 Å². The van der Waals surface area contributed by atoms with E-state index >= 15 is 0 Å². The van der Waals surface area contributed by atoms with Crippen molar-refractivity contribution in [2.45, 2.75) is 58.5 Å². The number of aliphatic hydroxyl groups is 2. The molecule has 0 saturated heterocycles. The molecule has 1 aliphatic rings. The normalized spacial score (nSPS) is 14.0. The Balaban J connectivity index is 1.43. The van der Waals surface area contributed by atoms with Gasteiger partial charge in [0.25, 0.3) is 0 Å². The van der Waals surface area contributed by atoms with Gasteiger partial charge in [0.2, 0.25) is 0 Å². The van der Waals surface area contributed by atoms with Crippen molar-refractivity contribution in [3.63, 3.8) is 0 Å². The Bertz CT molecular complexity index is 1700. The van der Waals surface area contributed by atoms with Gasteiger partial charge in [-0.05, 0) is 55.2 Å². The molecular weight excluding hydrogens is 538 g/mol. The summed E-state index contributed by atoms with van der Waals surface area (Å²) in [7, 11) is 1.95. The van der Waals surface area contributed by atoms with E-state index in [-0.39, 0.29) is 0 Å². The molecule has 1 aliphatic heterocycles. The van der Waals surface area contributed by atoms with Gasteiger partial charge in [-0.2, -0.15) is 5.10 Å². The summed E-state index contributed by atoms with van der Waals surface area (Å²) in [6, 6.07) is 18.2. The van der Waals surface area contributed by atoms with Gasteiger partial charge >= 0.3 is 0 Å². The van der Waals surface area contributed by atoms with Crippen LogP contribution in [0.4, 0.5) is 0 Å². The topological polar surface area (TPSA) is 81.7 Å². The highest BCUT2D eigenvalue weighted by atomic mass is 35.5. The van der Waals surface area contributed by atoms with E-state index in [0.29, 0.717) is 49.9 Å². The highest BCUT2D eigenvalue weighted by Gasteiger charge is 2.28. The summed E-state index contributed by atoms with van der Waals surface area (Å²) in [6.45, 7) is 4.27.